The van der Waals surface area contributed by atoms with Crippen molar-refractivity contribution in [3.05, 3.63) is 156 Å². The summed E-state index contributed by atoms with van der Waals surface area (Å²) in [4.78, 5) is 14.9. The number of anilines is 3. The molecular formula is C45H33F9N8O8S4. The lowest BCUT2D eigenvalue weighted by Gasteiger charge is -2.14. The molecule has 0 saturated carbocycles. The van der Waals surface area contributed by atoms with Crippen molar-refractivity contribution in [3.8, 4) is 22.3 Å². The normalized spacial score (nSPS) is 13.1. The highest BCUT2D eigenvalue weighted by atomic mass is 32.2. The maximum absolute atomic E-state index is 12.8. The standard InChI is InChI=1S/C23H16F6N4O4S2.C22H17F3N4O4S2/c24-22(25,26)38(34,35)32-16-9-5-14(6-10-16)7-12-21-30-19-11-8-15(13-20(19)31-21)17-3-1-2-4-18(17)33-39(36,37)23(27,28)29;23-22(24,25)35(32,33)29-16-9-5-14(6-10-16)7-12-21-27-18-11-8-15(13-19(18)28-21)17-3-1-2-4-20(17)34(26,30)31/h1-13,32-33H,(H,30,31);1-13,29H,(H,27,28)(H2,26,30,31)/b2*12-7+. The first kappa shape index (κ1) is 54.1. The number of alkyl halides is 9. The quantitative estimate of drug-likeness (QED) is 0.0595. The van der Waals surface area contributed by atoms with E-state index in [-0.39, 0.29) is 27.5 Å². The average molecular weight is 1110 g/mol. The molecular weight excluding hydrogens is 1080 g/mol. The molecule has 0 amide bonds. The number of imidazole rings is 2. The molecule has 0 radical (unpaired) electrons. The van der Waals surface area contributed by atoms with Crippen LogP contribution in [-0.2, 0) is 40.1 Å². The van der Waals surface area contributed by atoms with Crippen LogP contribution in [-0.4, -0.2) is 70.1 Å². The zero-order valence-electron chi connectivity index (χ0n) is 36.8. The van der Waals surface area contributed by atoms with E-state index < -0.39 is 56.6 Å². The van der Waals surface area contributed by atoms with Gasteiger partial charge in [0, 0.05) is 22.5 Å². The molecule has 0 spiro atoms. The summed E-state index contributed by atoms with van der Waals surface area (Å²) in [6.45, 7) is 0. The van der Waals surface area contributed by atoms with Crippen LogP contribution in [0.2, 0.25) is 0 Å². The molecule has 0 atom stereocenters. The predicted molar refractivity (Wildman–Crippen MR) is 261 cm³/mol. The van der Waals surface area contributed by atoms with E-state index in [0.29, 0.717) is 61.5 Å². The average Bonchev–Trinajstić information content (AvgIpc) is 3.93. The maximum atomic E-state index is 12.8. The second-order valence-electron chi connectivity index (χ2n) is 15.4. The highest BCUT2D eigenvalue weighted by Crippen LogP contribution is 2.35. The minimum atomic E-state index is -5.63. The number of nitrogens with one attached hydrogen (secondary N) is 5. The second kappa shape index (κ2) is 20.3. The van der Waals surface area contributed by atoms with E-state index in [2.05, 4.69) is 19.9 Å². The van der Waals surface area contributed by atoms with Crippen LogP contribution < -0.4 is 19.3 Å². The molecule has 0 unspecified atom stereocenters. The van der Waals surface area contributed by atoms with Crippen molar-refractivity contribution in [1.29, 1.82) is 0 Å². The Hall–Kier alpha value is -7.73. The summed E-state index contributed by atoms with van der Waals surface area (Å²) in [5.74, 6) is 0.828. The summed E-state index contributed by atoms with van der Waals surface area (Å²) in [6.07, 6.45) is 6.37. The van der Waals surface area contributed by atoms with Gasteiger partial charge < -0.3 is 9.97 Å². The third-order valence-corrected chi connectivity index (χ3v) is 14.4. The number of sulfonamides is 4. The van der Waals surface area contributed by atoms with Gasteiger partial charge in [-0.05, 0) is 95.1 Å². The van der Waals surface area contributed by atoms with Gasteiger partial charge in [0.25, 0.3) is 0 Å². The summed E-state index contributed by atoms with van der Waals surface area (Å²) in [7, 11) is -20.6. The molecule has 0 aliphatic carbocycles. The fourth-order valence-corrected chi connectivity index (χ4v) is 9.10. The van der Waals surface area contributed by atoms with E-state index in [4.69, 9.17) is 5.14 Å². The lowest BCUT2D eigenvalue weighted by Crippen LogP contribution is -2.30. The molecule has 0 aliphatic rings. The molecule has 0 saturated heterocycles. The predicted octanol–water partition coefficient (Wildman–Crippen LogP) is 10.2. The number of benzene rings is 6. The van der Waals surface area contributed by atoms with Crippen LogP contribution in [0.5, 0.6) is 0 Å². The van der Waals surface area contributed by atoms with Gasteiger partial charge in [-0.3, -0.25) is 14.2 Å². The summed E-state index contributed by atoms with van der Waals surface area (Å²) in [6, 6.07) is 32.2. The number of nitrogens with zero attached hydrogens (tertiary/aromatic N) is 2. The largest absolute Gasteiger partial charge is 0.516 e. The molecule has 0 bridgehead atoms. The van der Waals surface area contributed by atoms with Crippen molar-refractivity contribution < 1.29 is 73.2 Å². The van der Waals surface area contributed by atoms with Crippen LogP contribution in [0.1, 0.15) is 22.8 Å². The van der Waals surface area contributed by atoms with Crippen molar-refractivity contribution in [2.24, 2.45) is 5.14 Å². The van der Waals surface area contributed by atoms with Crippen molar-refractivity contribution in [3.63, 3.8) is 0 Å². The zero-order valence-corrected chi connectivity index (χ0v) is 40.0. The van der Waals surface area contributed by atoms with Crippen molar-refractivity contribution in [1.82, 2.24) is 19.9 Å². The molecule has 2 aromatic heterocycles. The molecule has 8 aromatic rings. The van der Waals surface area contributed by atoms with Crippen LogP contribution in [0.25, 0.3) is 68.6 Å². The Morgan fingerprint density at radius 3 is 1.24 bits per heavy atom. The van der Waals surface area contributed by atoms with Gasteiger partial charge in [-0.15, -0.1) is 0 Å². The number of hydrogen-bond acceptors (Lipinski definition) is 10. The second-order valence-corrected chi connectivity index (χ2v) is 21.9. The van der Waals surface area contributed by atoms with Gasteiger partial charge in [0.1, 0.15) is 11.6 Å². The van der Waals surface area contributed by atoms with Gasteiger partial charge in [-0.25, -0.2) is 23.5 Å². The number of H-pyrrole nitrogens is 2. The van der Waals surface area contributed by atoms with E-state index in [1.807, 2.05) is 0 Å². The Morgan fingerprint density at radius 1 is 0.446 bits per heavy atom. The van der Waals surface area contributed by atoms with E-state index in [1.54, 1.807) is 83.6 Å². The highest BCUT2D eigenvalue weighted by molar-refractivity contribution is 7.94. The third kappa shape index (κ3) is 12.7. The highest BCUT2D eigenvalue weighted by Gasteiger charge is 2.47. The van der Waals surface area contributed by atoms with Crippen LogP contribution >= 0.6 is 0 Å². The summed E-state index contributed by atoms with van der Waals surface area (Å²) in [5.41, 5.74) is -12.1. The van der Waals surface area contributed by atoms with Crippen molar-refractivity contribution in [2.45, 2.75) is 21.4 Å². The summed E-state index contributed by atoms with van der Waals surface area (Å²) >= 11 is 0. The first-order chi connectivity index (χ1) is 34.4. The van der Waals surface area contributed by atoms with E-state index in [0.717, 1.165) is 12.1 Å². The fourth-order valence-electron chi connectivity index (χ4n) is 6.63. The first-order valence-corrected chi connectivity index (χ1v) is 26.4. The van der Waals surface area contributed by atoms with Gasteiger partial charge in [-0.2, -0.15) is 64.8 Å². The van der Waals surface area contributed by atoms with Gasteiger partial charge in [0.2, 0.25) is 10.0 Å². The lowest BCUT2D eigenvalue weighted by atomic mass is 10.0. The number of primary sulfonamides is 1. The molecule has 0 fully saturated rings. The van der Waals surface area contributed by atoms with Crippen LogP contribution in [0.4, 0.5) is 56.6 Å². The first-order valence-electron chi connectivity index (χ1n) is 20.4. The monoisotopic (exact) mass is 1110 g/mol. The fraction of sp³-hybridized carbons (Fsp3) is 0.0667. The van der Waals surface area contributed by atoms with Crippen LogP contribution in [0, 0.1) is 0 Å². The molecule has 8 rings (SSSR count). The third-order valence-electron chi connectivity index (χ3n) is 10.1. The Morgan fingerprint density at radius 2 is 0.824 bits per heavy atom. The number of aromatic nitrogens is 4. The number of halogens is 9. The minimum absolute atomic E-state index is 0.0000418. The Kier molecular flexibility index (Phi) is 14.8. The number of rotatable bonds is 13. The molecule has 7 N–H and O–H groups in total. The van der Waals surface area contributed by atoms with Crippen LogP contribution in [0.3, 0.4) is 0 Å². The summed E-state index contributed by atoms with van der Waals surface area (Å²) in [5, 5.41) is 5.32. The van der Waals surface area contributed by atoms with E-state index in [1.165, 1.54) is 76.2 Å². The maximum Gasteiger partial charge on any atom is 0.516 e. The molecule has 0 aliphatic heterocycles. The van der Waals surface area contributed by atoms with Gasteiger partial charge in [0.05, 0.1) is 32.6 Å². The van der Waals surface area contributed by atoms with Gasteiger partial charge >= 0.3 is 46.6 Å². The Labute approximate surface area is 414 Å². The molecule has 6 aromatic carbocycles. The topological polar surface area (TPSA) is 256 Å². The number of aromatic amines is 2. The van der Waals surface area contributed by atoms with Gasteiger partial charge in [-0.1, -0.05) is 84.9 Å². The summed E-state index contributed by atoms with van der Waals surface area (Å²) < 4.78 is 210. The SMILES string of the molecule is NS(=O)(=O)c1ccccc1-c1ccc2nc(/C=C/c3ccc(NS(=O)(=O)C(F)(F)F)cc3)[nH]c2c1.O=S(=O)(Nc1ccc(/C=C/c2nc3ccc(-c4ccccc4NS(=O)(=O)C(F)(F)F)cc3[nH]2)cc1)C(F)(F)F. The number of hydrogen-bond donors (Lipinski definition) is 6. The smallest absolute Gasteiger partial charge is 0.338 e. The molecule has 16 nitrogen and oxygen atoms in total. The number of nitrogens with two attached hydrogens (primary N) is 1. The number of fused-ring (bicyclic) bond motifs is 2. The number of para-hydroxylation sites is 1. The van der Waals surface area contributed by atoms with Crippen LogP contribution in [0.15, 0.2) is 138 Å². The molecule has 2 heterocycles. The van der Waals surface area contributed by atoms with Crippen molar-refractivity contribution in [2.75, 3.05) is 14.2 Å². The minimum Gasteiger partial charge on any atom is -0.338 e. The Bertz CT molecular complexity index is 3920. The van der Waals surface area contributed by atoms with E-state index in [9.17, 15) is 73.2 Å². The lowest BCUT2D eigenvalue weighted by molar-refractivity contribution is -0.0435. The Balaban J connectivity index is 0.000000217. The van der Waals surface area contributed by atoms with Crippen molar-refractivity contribution >= 4 is 104 Å². The molecule has 29 heteroatoms. The zero-order chi connectivity index (χ0) is 54.1. The van der Waals surface area contributed by atoms with E-state index >= 15 is 0 Å². The molecule has 388 valence electrons. The molecule has 74 heavy (non-hydrogen) atoms. The van der Waals surface area contributed by atoms with Gasteiger partial charge in [0.15, 0.2) is 0 Å².